The fourth-order valence-corrected chi connectivity index (χ4v) is 2.94. The number of aromatic nitrogens is 3. The van der Waals surface area contributed by atoms with Gasteiger partial charge in [-0.2, -0.15) is 0 Å². The van der Waals surface area contributed by atoms with Gasteiger partial charge < -0.3 is 5.32 Å². The van der Waals surface area contributed by atoms with E-state index in [2.05, 4.69) is 69.4 Å². The lowest BCUT2D eigenvalue weighted by molar-refractivity contribution is 0.540. The maximum absolute atomic E-state index is 4.41. The number of aryl methyl sites for hydroxylation is 1. The molecule has 3 aromatic rings. The second kappa shape index (κ2) is 4.42. The number of nitrogens with one attached hydrogen (secondary N) is 1. The lowest BCUT2D eigenvalue weighted by Gasteiger charge is -2.25. The molecule has 0 fully saturated rings. The molecule has 2 aromatic heterocycles. The first-order valence-electron chi connectivity index (χ1n) is 6.95. The van der Waals surface area contributed by atoms with Crippen molar-refractivity contribution in [1.82, 2.24) is 19.9 Å². The fourth-order valence-electron chi connectivity index (χ4n) is 2.94. The first kappa shape index (κ1) is 11.6. The molecule has 4 heteroatoms. The molecule has 3 heterocycles. The molecule has 1 aliphatic rings. The average Bonchev–Trinajstić information content (AvgIpc) is 2.89. The molecule has 1 aliphatic heterocycles. The molecular weight excluding hydrogens is 248 g/mol. The molecule has 4 rings (SSSR count). The third kappa shape index (κ3) is 1.72. The second-order valence-corrected chi connectivity index (χ2v) is 5.33. The molecule has 20 heavy (non-hydrogen) atoms. The van der Waals surface area contributed by atoms with Crippen molar-refractivity contribution in [3.05, 3.63) is 65.1 Å². The van der Waals surface area contributed by atoms with Crippen LogP contribution in [0.5, 0.6) is 0 Å². The van der Waals surface area contributed by atoms with Gasteiger partial charge in [0.15, 0.2) is 11.5 Å². The van der Waals surface area contributed by atoms with Gasteiger partial charge in [0.2, 0.25) is 0 Å². The Kier molecular flexibility index (Phi) is 2.57. The van der Waals surface area contributed by atoms with Gasteiger partial charge in [-0.3, -0.25) is 4.40 Å². The van der Waals surface area contributed by atoms with E-state index in [4.69, 9.17) is 0 Å². The van der Waals surface area contributed by atoms with Gasteiger partial charge in [0, 0.05) is 12.7 Å². The van der Waals surface area contributed by atoms with Crippen LogP contribution in [-0.4, -0.2) is 21.1 Å². The number of rotatable bonds is 1. The van der Waals surface area contributed by atoms with E-state index in [9.17, 15) is 0 Å². The van der Waals surface area contributed by atoms with Crippen molar-refractivity contribution in [1.29, 1.82) is 0 Å². The van der Waals surface area contributed by atoms with E-state index >= 15 is 0 Å². The Bertz CT molecular complexity index is 775. The highest BCUT2D eigenvalue weighted by Gasteiger charge is 2.24. The minimum atomic E-state index is 0.123. The van der Waals surface area contributed by atoms with Crippen molar-refractivity contribution in [3.63, 3.8) is 0 Å². The summed E-state index contributed by atoms with van der Waals surface area (Å²) >= 11 is 0. The van der Waals surface area contributed by atoms with Crippen LogP contribution in [0.25, 0.3) is 5.65 Å². The number of hydrogen-bond donors (Lipinski definition) is 1. The molecule has 0 amide bonds. The quantitative estimate of drug-likeness (QED) is 0.733. The number of hydrogen-bond acceptors (Lipinski definition) is 3. The molecule has 1 N–H and O–H groups in total. The van der Waals surface area contributed by atoms with Crippen molar-refractivity contribution >= 4 is 5.65 Å². The third-order valence-corrected chi connectivity index (χ3v) is 3.96. The van der Waals surface area contributed by atoms with Crippen LogP contribution in [-0.2, 0) is 6.42 Å². The van der Waals surface area contributed by atoms with Gasteiger partial charge in [-0.05, 0) is 42.2 Å². The van der Waals surface area contributed by atoms with E-state index in [1.807, 2.05) is 0 Å². The molecule has 1 aromatic carbocycles. The van der Waals surface area contributed by atoms with E-state index in [0.29, 0.717) is 0 Å². The molecule has 0 spiro atoms. The molecule has 4 nitrogen and oxygen atoms in total. The highest BCUT2D eigenvalue weighted by Crippen LogP contribution is 2.27. The van der Waals surface area contributed by atoms with E-state index in [0.717, 1.165) is 24.4 Å². The predicted octanol–water partition coefficient (Wildman–Crippen LogP) is 2.27. The molecule has 0 saturated carbocycles. The van der Waals surface area contributed by atoms with Crippen molar-refractivity contribution < 1.29 is 0 Å². The molecule has 100 valence electrons. The van der Waals surface area contributed by atoms with Gasteiger partial charge in [-0.15, -0.1) is 10.2 Å². The molecule has 0 radical (unpaired) electrons. The second-order valence-electron chi connectivity index (χ2n) is 5.33. The SMILES string of the molecule is Cc1ccn2c(C3NCCc4ccccc43)nnc2c1. The van der Waals surface area contributed by atoms with Crippen LogP contribution in [0.2, 0.25) is 0 Å². The largest absolute Gasteiger partial charge is 0.303 e. The zero-order chi connectivity index (χ0) is 13.5. The van der Waals surface area contributed by atoms with Crippen LogP contribution in [0.4, 0.5) is 0 Å². The Balaban J connectivity index is 1.88. The Morgan fingerprint density at radius 3 is 3.05 bits per heavy atom. The Morgan fingerprint density at radius 2 is 2.10 bits per heavy atom. The maximum atomic E-state index is 4.41. The lowest BCUT2D eigenvalue weighted by atomic mass is 9.94. The molecule has 1 unspecified atom stereocenters. The fraction of sp³-hybridized carbons (Fsp3) is 0.250. The van der Waals surface area contributed by atoms with Gasteiger partial charge >= 0.3 is 0 Å². The highest BCUT2D eigenvalue weighted by atomic mass is 15.3. The summed E-state index contributed by atoms with van der Waals surface area (Å²) in [7, 11) is 0. The molecule has 0 saturated heterocycles. The minimum Gasteiger partial charge on any atom is -0.303 e. The van der Waals surface area contributed by atoms with Crippen molar-refractivity contribution in [2.24, 2.45) is 0 Å². The molecule has 0 bridgehead atoms. The van der Waals surface area contributed by atoms with E-state index < -0.39 is 0 Å². The summed E-state index contributed by atoms with van der Waals surface area (Å²) < 4.78 is 2.08. The Labute approximate surface area is 117 Å². The Hall–Kier alpha value is -2.20. The summed E-state index contributed by atoms with van der Waals surface area (Å²) in [6.45, 7) is 3.05. The normalized spacial score (nSPS) is 18.1. The summed E-state index contributed by atoms with van der Waals surface area (Å²) in [6.07, 6.45) is 3.13. The summed E-state index contributed by atoms with van der Waals surface area (Å²) in [4.78, 5) is 0. The average molecular weight is 264 g/mol. The first-order valence-corrected chi connectivity index (χ1v) is 6.95. The number of benzene rings is 1. The zero-order valence-corrected chi connectivity index (χ0v) is 11.4. The van der Waals surface area contributed by atoms with Gasteiger partial charge in [-0.25, -0.2) is 0 Å². The van der Waals surface area contributed by atoms with Gasteiger partial charge in [0.05, 0.1) is 6.04 Å². The van der Waals surface area contributed by atoms with Crippen LogP contribution >= 0.6 is 0 Å². The zero-order valence-electron chi connectivity index (χ0n) is 11.4. The van der Waals surface area contributed by atoms with Crippen molar-refractivity contribution in [2.45, 2.75) is 19.4 Å². The standard InChI is InChI=1S/C16H16N4/c1-11-7-9-20-14(10-11)18-19-16(20)15-13-5-3-2-4-12(13)6-8-17-15/h2-5,7,9-10,15,17H,6,8H2,1H3. The lowest BCUT2D eigenvalue weighted by Crippen LogP contribution is -2.31. The summed E-state index contributed by atoms with van der Waals surface area (Å²) in [5.74, 6) is 0.965. The monoisotopic (exact) mass is 264 g/mol. The van der Waals surface area contributed by atoms with Gasteiger partial charge in [0.1, 0.15) is 0 Å². The van der Waals surface area contributed by atoms with E-state index in [1.165, 1.54) is 16.7 Å². The minimum absolute atomic E-state index is 0.123. The van der Waals surface area contributed by atoms with Gasteiger partial charge in [-0.1, -0.05) is 24.3 Å². The summed E-state index contributed by atoms with van der Waals surface area (Å²) in [5, 5.41) is 12.3. The van der Waals surface area contributed by atoms with Crippen LogP contribution in [0, 0.1) is 6.92 Å². The smallest absolute Gasteiger partial charge is 0.161 e. The van der Waals surface area contributed by atoms with Crippen LogP contribution in [0.3, 0.4) is 0 Å². The van der Waals surface area contributed by atoms with Crippen molar-refractivity contribution in [2.75, 3.05) is 6.54 Å². The van der Waals surface area contributed by atoms with E-state index in [-0.39, 0.29) is 6.04 Å². The summed E-state index contributed by atoms with van der Waals surface area (Å²) in [6, 6.07) is 12.9. The maximum Gasteiger partial charge on any atom is 0.161 e. The highest BCUT2D eigenvalue weighted by molar-refractivity contribution is 5.43. The number of nitrogens with zero attached hydrogens (tertiary/aromatic N) is 3. The van der Waals surface area contributed by atoms with E-state index in [1.54, 1.807) is 0 Å². The topological polar surface area (TPSA) is 42.2 Å². The Morgan fingerprint density at radius 1 is 1.20 bits per heavy atom. The third-order valence-electron chi connectivity index (χ3n) is 3.96. The molecule has 1 atom stereocenters. The van der Waals surface area contributed by atoms with Crippen LogP contribution in [0.15, 0.2) is 42.6 Å². The number of fused-ring (bicyclic) bond motifs is 2. The van der Waals surface area contributed by atoms with Gasteiger partial charge in [0.25, 0.3) is 0 Å². The molecule has 0 aliphatic carbocycles. The summed E-state index contributed by atoms with van der Waals surface area (Å²) in [5.41, 5.74) is 4.83. The molecular formula is C16H16N4. The van der Waals surface area contributed by atoms with Crippen LogP contribution < -0.4 is 5.32 Å². The first-order chi connectivity index (χ1) is 9.83. The predicted molar refractivity (Wildman–Crippen MR) is 77.7 cm³/mol. The van der Waals surface area contributed by atoms with Crippen LogP contribution in [0.1, 0.15) is 28.6 Å². The number of pyridine rings is 1. The van der Waals surface area contributed by atoms with Crippen molar-refractivity contribution in [3.8, 4) is 0 Å².